The zero-order valence-corrected chi connectivity index (χ0v) is 11.2. The van der Waals surface area contributed by atoms with Gasteiger partial charge in [-0.3, -0.25) is 0 Å². The van der Waals surface area contributed by atoms with Crippen LogP contribution in [0.15, 0.2) is 30.6 Å². The van der Waals surface area contributed by atoms with Gasteiger partial charge in [0.1, 0.15) is 0 Å². The normalized spacial score (nSPS) is 21.7. The van der Waals surface area contributed by atoms with Crippen molar-refractivity contribution >= 4 is 18.1 Å². The van der Waals surface area contributed by atoms with Gasteiger partial charge in [-0.2, -0.15) is 5.10 Å². The van der Waals surface area contributed by atoms with Crippen molar-refractivity contribution < 1.29 is 9.31 Å². The molecule has 0 unspecified atom stereocenters. The Hall–Kier alpha value is -1.33. The maximum Gasteiger partial charge on any atom is 0.497 e. The van der Waals surface area contributed by atoms with Gasteiger partial charge in [-0.1, -0.05) is 6.07 Å². The van der Waals surface area contributed by atoms with E-state index in [1.807, 2.05) is 28.9 Å². The smallest absolute Gasteiger partial charge is 0.399 e. The molecule has 1 saturated heterocycles. The van der Waals surface area contributed by atoms with Crippen molar-refractivity contribution in [3.8, 4) is 0 Å². The predicted octanol–water partition coefficient (Wildman–Crippen LogP) is 1.63. The van der Waals surface area contributed by atoms with E-state index in [4.69, 9.17) is 9.31 Å². The lowest BCUT2D eigenvalue weighted by Crippen LogP contribution is -2.41. The first-order valence-corrected chi connectivity index (χ1v) is 6.19. The summed E-state index contributed by atoms with van der Waals surface area (Å²) in [5.74, 6) is 0. The lowest BCUT2D eigenvalue weighted by Gasteiger charge is -2.32. The first-order valence-electron chi connectivity index (χ1n) is 6.19. The molecule has 2 aromatic heterocycles. The summed E-state index contributed by atoms with van der Waals surface area (Å²) in [6.07, 6.45) is 3.70. The van der Waals surface area contributed by atoms with Crippen LogP contribution in [0.25, 0.3) is 5.52 Å². The Balaban J connectivity index is 2.05. The molecule has 3 rings (SSSR count). The molecule has 3 heterocycles. The number of pyridine rings is 1. The number of aromatic nitrogens is 2. The van der Waals surface area contributed by atoms with Crippen molar-refractivity contribution in [3.63, 3.8) is 0 Å². The minimum Gasteiger partial charge on any atom is -0.399 e. The number of rotatable bonds is 1. The van der Waals surface area contributed by atoms with Crippen molar-refractivity contribution in [2.75, 3.05) is 0 Å². The van der Waals surface area contributed by atoms with Gasteiger partial charge in [0.05, 0.1) is 16.7 Å². The third-order valence-electron chi connectivity index (χ3n) is 3.98. The minimum atomic E-state index is -0.338. The summed E-state index contributed by atoms with van der Waals surface area (Å²) in [5, 5.41) is 4.23. The van der Waals surface area contributed by atoms with Crippen molar-refractivity contribution in [2.45, 2.75) is 38.9 Å². The fourth-order valence-electron chi connectivity index (χ4n) is 2.14. The minimum absolute atomic E-state index is 0.315. The van der Waals surface area contributed by atoms with Gasteiger partial charge >= 0.3 is 7.12 Å². The molecule has 18 heavy (non-hydrogen) atoms. The van der Waals surface area contributed by atoms with Gasteiger partial charge in [0.25, 0.3) is 0 Å². The third-order valence-corrected chi connectivity index (χ3v) is 3.98. The van der Waals surface area contributed by atoms with Crippen LogP contribution in [0.1, 0.15) is 27.7 Å². The highest BCUT2D eigenvalue weighted by Crippen LogP contribution is 2.36. The monoisotopic (exact) mass is 244 g/mol. The Labute approximate surface area is 107 Å². The number of fused-ring (bicyclic) bond motifs is 1. The molecule has 0 aliphatic carbocycles. The van der Waals surface area contributed by atoms with Gasteiger partial charge < -0.3 is 9.31 Å². The average molecular weight is 244 g/mol. The van der Waals surface area contributed by atoms with E-state index in [9.17, 15) is 0 Å². The molecule has 1 aliphatic rings. The zero-order chi connectivity index (χ0) is 13.0. The second-order valence-electron chi connectivity index (χ2n) is 5.71. The summed E-state index contributed by atoms with van der Waals surface area (Å²) in [4.78, 5) is 0. The van der Waals surface area contributed by atoms with Crippen LogP contribution < -0.4 is 5.46 Å². The Kier molecular flexibility index (Phi) is 2.34. The Morgan fingerprint density at radius 1 is 1.11 bits per heavy atom. The molecule has 0 atom stereocenters. The summed E-state index contributed by atoms with van der Waals surface area (Å²) in [6, 6.07) is 5.96. The van der Waals surface area contributed by atoms with Crippen LogP contribution in [0, 0.1) is 0 Å². The van der Waals surface area contributed by atoms with E-state index in [2.05, 4.69) is 32.8 Å². The predicted molar refractivity (Wildman–Crippen MR) is 70.9 cm³/mol. The molecular formula is C13H17BN2O2. The number of nitrogens with zero attached hydrogens (tertiary/aromatic N) is 2. The van der Waals surface area contributed by atoms with Crippen LogP contribution in [0.4, 0.5) is 0 Å². The van der Waals surface area contributed by atoms with Gasteiger partial charge in [0, 0.05) is 17.9 Å². The van der Waals surface area contributed by atoms with E-state index >= 15 is 0 Å². The third kappa shape index (κ3) is 1.58. The van der Waals surface area contributed by atoms with Crippen LogP contribution in [0.5, 0.6) is 0 Å². The van der Waals surface area contributed by atoms with Crippen LogP contribution in [0.3, 0.4) is 0 Å². The zero-order valence-electron chi connectivity index (χ0n) is 11.2. The van der Waals surface area contributed by atoms with E-state index in [1.165, 1.54) is 0 Å². The van der Waals surface area contributed by atoms with Crippen LogP contribution in [0.2, 0.25) is 0 Å². The van der Waals surface area contributed by atoms with Crippen LogP contribution in [-0.2, 0) is 9.31 Å². The summed E-state index contributed by atoms with van der Waals surface area (Å²) in [6.45, 7) is 8.24. The van der Waals surface area contributed by atoms with Crippen LogP contribution in [-0.4, -0.2) is 27.9 Å². The topological polar surface area (TPSA) is 35.8 Å². The van der Waals surface area contributed by atoms with Crippen molar-refractivity contribution in [3.05, 3.63) is 30.6 Å². The maximum absolute atomic E-state index is 6.06. The summed E-state index contributed by atoms with van der Waals surface area (Å²) in [7, 11) is -0.338. The molecule has 0 amide bonds. The molecule has 0 aromatic carbocycles. The molecular weight excluding hydrogens is 227 g/mol. The number of hydrogen-bond acceptors (Lipinski definition) is 3. The van der Waals surface area contributed by atoms with E-state index in [1.54, 1.807) is 6.20 Å². The van der Waals surface area contributed by atoms with E-state index in [0.717, 1.165) is 11.0 Å². The second kappa shape index (κ2) is 3.59. The second-order valence-corrected chi connectivity index (χ2v) is 5.71. The molecule has 0 spiro atoms. The van der Waals surface area contributed by atoms with Gasteiger partial charge in [0.15, 0.2) is 0 Å². The van der Waals surface area contributed by atoms with E-state index < -0.39 is 0 Å². The molecule has 0 saturated carbocycles. The molecule has 94 valence electrons. The van der Waals surface area contributed by atoms with Gasteiger partial charge in [-0.25, -0.2) is 4.52 Å². The first kappa shape index (κ1) is 11.7. The molecule has 0 N–H and O–H groups in total. The van der Waals surface area contributed by atoms with Gasteiger partial charge in [-0.15, -0.1) is 0 Å². The average Bonchev–Trinajstić information content (AvgIpc) is 2.81. The largest absolute Gasteiger partial charge is 0.497 e. The van der Waals surface area contributed by atoms with E-state index in [-0.39, 0.29) is 18.3 Å². The number of hydrogen-bond donors (Lipinski definition) is 0. The highest BCUT2D eigenvalue weighted by molar-refractivity contribution is 6.64. The highest BCUT2D eigenvalue weighted by Gasteiger charge is 2.52. The fraction of sp³-hybridized carbons (Fsp3) is 0.462. The van der Waals surface area contributed by atoms with Crippen LogP contribution >= 0.6 is 0 Å². The molecule has 0 radical (unpaired) electrons. The maximum atomic E-state index is 6.06. The lowest BCUT2D eigenvalue weighted by atomic mass is 9.79. The quantitative estimate of drug-likeness (QED) is 0.715. The highest BCUT2D eigenvalue weighted by atomic mass is 16.7. The molecule has 1 fully saturated rings. The molecule has 5 heteroatoms. The van der Waals surface area contributed by atoms with E-state index in [0.29, 0.717) is 0 Å². The molecule has 1 aliphatic heterocycles. The fourth-order valence-corrected chi connectivity index (χ4v) is 2.14. The SMILES string of the molecule is CC1(C)OB(c2cccn3nccc23)OC1(C)C. The van der Waals surface area contributed by atoms with Crippen molar-refractivity contribution in [1.82, 2.24) is 9.61 Å². The van der Waals surface area contributed by atoms with Crippen molar-refractivity contribution in [1.29, 1.82) is 0 Å². The first-order chi connectivity index (χ1) is 8.41. The summed E-state index contributed by atoms with van der Waals surface area (Å²) >= 11 is 0. The Bertz CT molecular complexity index is 575. The van der Waals surface area contributed by atoms with Gasteiger partial charge in [0.2, 0.25) is 0 Å². The molecule has 0 bridgehead atoms. The van der Waals surface area contributed by atoms with Gasteiger partial charge in [-0.05, 0) is 39.8 Å². The standard InChI is InChI=1S/C13H17BN2O2/c1-12(2)13(3,4)18-14(17-12)10-6-5-9-16-11(10)7-8-15-16/h5-9H,1-4H3. The Morgan fingerprint density at radius 3 is 2.44 bits per heavy atom. The summed E-state index contributed by atoms with van der Waals surface area (Å²) in [5.41, 5.74) is 1.42. The molecule has 2 aromatic rings. The lowest BCUT2D eigenvalue weighted by molar-refractivity contribution is 0.00578. The summed E-state index contributed by atoms with van der Waals surface area (Å²) < 4.78 is 14.0. The molecule has 4 nitrogen and oxygen atoms in total. The Morgan fingerprint density at radius 2 is 1.78 bits per heavy atom. The van der Waals surface area contributed by atoms with Crippen molar-refractivity contribution in [2.24, 2.45) is 0 Å².